The lowest BCUT2D eigenvalue weighted by molar-refractivity contribution is -0.123. The van der Waals surface area contributed by atoms with E-state index in [9.17, 15) is 9.59 Å². The SMILES string of the molecule is CC(C)(C)OC(=O)N1CC(=O)CCC1c1ccc2scnc2c1. The van der Waals surface area contributed by atoms with Gasteiger partial charge in [-0.2, -0.15) is 0 Å². The van der Waals surface area contributed by atoms with Crippen molar-refractivity contribution >= 4 is 33.4 Å². The van der Waals surface area contributed by atoms with Gasteiger partial charge in [-0.05, 0) is 44.9 Å². The van der Waals surface area contributed by atoms with Crippen LogP contribution in [0, 0.1) is 0 Å². The summed E-state index contributed by atoms with van der Waals surface area (Å²) >= 11 is 1.59. The zero-order valence-corrected chi connectivity index (χ0v) is 14.4. The third-order valence-electron chi connectivity index (χ3n) is 3.79. The van der Waals surface area contributed by atoms with Gasteiger partial charge in [0.1, 0.15) is 5.60 Å². The number of fused-ring (bicyclic) bond motifs is 1. The first-order valence-corrected chi connectivity index (χ1v) is 8.56. The number of hydrogen-bond donors (Lipinski definition) is 0. The Morgan fingerprint density at radius 3 is 2.91 bits per heavy atom. The highest BCUT2D eigenvalue weighted by Crippen LogP contribution is 2.33. The number of piperidine rings is 1. The smallest absolute Gasteiger partial charge is 0.411 e. The molecule has 1 aliphatic rings. The Morgan fingerprint density at radius 2 is 2.17 bits per heavy atom. The van der Waals surface area contributed by atoms with Gasteiger partial charge >= 0.3 is 6.09 Å². The van der Waals surface area contributed by atoms with Crippen molar-refractivity contribution in [1.29, 1.82) is 0 Å². The second kappa shape index (κ2) is 5.92. The van der Waals surface area contributed by atoms with Crippen molar-refractivity contribution in [2.45, 2.75) is 45.3 Å². The van der Waals surface area contributed by atoms with Gasteiger partial charge < -0.3 is 4.74 Å². The fourth-order valence-electron chi connectivity index (χ4n) is 2.77. The van der Waals surface area contributed by atoms with Crippen LogP contribution in [-0.2, 0) is 9.53 Å². The largest absolute Gasteiger partial charge is 0.444 e. The molecule has 1 aromatic heterocycles. The van der Waals surface area contributed by atoms with Crippen molar-refractivity contribution < 1.29 is 14.3 Å². The molecule has 1 amide bonds. The molecule has 23 heavy (non-hydrogen) atoms. The van der Waals surface area contributed by atoms with Crippen LogP contribution in [0.3, 0.4) is 0 Å². The number of carbonyl (C=O) groups is 2. The third-order valence-corrected chi connectivity index (χ3v) is 4.60. The van der Waals surface area contributed by atoms with E-state index in [0.29, 0.717) is 12.8 Å². The van der Waals surface area contributed by atoms with Crippen LogP contribution >= 0.6 is 11.3 Å². The Bertz CT molecular complexity index is 748. The van der Waals surface area contributed by atoms with E-state index in [1.165, 1.54) is 0 Å². The molecule has 1 aliphatic heterocycles. The van der Waals surface area contributed by atoms with Crippen molar-refractivity contribution in [3.8, 4) is 0 Å². The van der Waals surface area contributed by atoms with E-state index in [2.05, 4.69) is 4.98 Å². The number of aromatic nitrogens is 1. The molecule has 0 spiro atoms. The van der Waals surface area contributed by atoms with Crippen molar-refractivity contribution in [2.75, 3.05) is 6.54 Å². The van der Waals surface area contributed by atoms with Gasteiger partial charge in [0.15, 0.2) is 5.78 Å². The van der Waals surface area contributed by atoms with Gasteiger partial charge in [0.25, 0.3) is 0 Å². The minimum Gasteiger partial charge on any atom is -0.444 e. The highest BCUT2D eigenvalue weighted by atomic mass is 32.1. The molecule has 1 atom stereocenters. The van der Waals surface area contributed by atoms with Gasteiger partial charge in [0.05, 0.1) is 28.3 Å². The van der Waals surface area contributed by atoms with Crippen LogP contribution in [0.25, 0.3) is 10.2 Å². The Morgan fingerprint density at radius 1 is 1.39 bits per heavy atom. The Kier molecular flexibility index (Phi) is 4.10. The molecule has 6 heteroatoms. The van der Waals surface area contributed by atoms with E-state index in [1.54, 1.807) is 16.2 Å². The molecule has 1 saturated heterocycles. The van der Waals surface area contributed by atoms with Crippen LogP contribution in [0.4, 0.5) is 4.79 Å². The number of thiazole rings is 1. The van der Waals surface area contributed by atoms with Gasteiger partial charge in [0.2, 0.25) is 0 Å². The minimum absolute atomic E-state index is 0.0712. The number of rotatable bonds is 1. The van der Waals surface area contributed by atoms with Crippen LogP contribution < -0.4 is 0 Å². The van der Waals surface area contributed by atoms with Crippen LogP contribution in [0.5, 0.6) is 0 Å². The van der Waals surface area contributed by atoms with Gasteiger partial charge in [-0.1, -0.05) is 6.07 Å². The van der Waals surface area contributed by atoms with Crippen molar-refractivity contribution in [3.63, 3.8) is 0 Å². The normalized spacial score (nSPS) is 19.2. The van der Waals surface area contributed by atoms with E-state index in [-0.39, 0.29) is 18.4 Å². The summed E-state index contributed by atoms with van der Waals surface area (Å²) < 4.78 is 6.59. The van der Waals surface area contributed by atoms with Crippen LogP contribution in [0.2, 0.25) is 0 Å². The lowest BCUT2D eigenvalue weighted by Gasteiger charge is -2.36. The summed E-state index contributed by atoms with van der Waals surface area (Å²) in [7, 11) is 0. The predicted molar refractivity (Wildman–Crippen MR) is 89.5 cm³/mol. The summed E-state index contributed by atoms with van der Waals surface area (Å²) in [5.41, 5.74) is 3.15. The number of benzene rings is 1. The lowest BCUT2D eigenvalue weighted by Crippen LogP contribution is -2.45. The minimum atomic E-state index is -0.582. The highest BCUT2D eigenvalue weighted by Gasteiger charge is 2.34. The Balaban J connectivity index is 1.90. The molecule has 0 radical (unpaired) electrons. The van der Waals surface area contributed by atoms with E-state index >= 15 is 0 Å². The summed E-state index contributed by atoms with van der Waals surface area (Å²) in [6.07, 6.45) is 0.668. The molecule has 2 aromatic rings. The maximum atomic E-state index is 12.5. The second-order valence-corrected chi connectivity index (χ2v) is 7.67. The van der Waals surface area contributed by atoms with Gasteiger partial charge in [-0.15, -0.1) is 11.3 Å². The van der Waals surface area contributed by atoms with Gasteiger partial charge in [-0.3, -0.25) is 9.69 Å². The Labute approximate surface area is 139 Å². The number of nitrogens with zero attached hydrogens (tertiary/aromatic N) is 2. The topological polar surface area (TPSA) is 59.5 Å². The number of hydrogen-bond acceptors (Lipinski definition) is 5. The van der Waals surface area contributed by atoms with Crippen molar-refractivity contribution in [1.82, 2.24) is 9.88 Å². The summed E-state index contributed by atoms with van der Waals surface area (Å²) in [5, 5.41) is 0. The quantitative estimate of drug-likeness (QED) is 0.794. The number of amides is 1. The predicted octanol–water partition coefficient (Wildman–Crippen LogP) is 3.94. The molecule has 0 aliphatic carbocycles. The number of carbonyl (C=O) groups excluding carboxylic acids is 2. The van der Waals surface area contributed by atoms with Gasteiger partial charge in [0, 0.05) is 6.42 Å². The molecule has 0 N–H and O–H groups in total. The number of likely N-dealkylation sites (tertiary alicyclic amines) is 1. The molecule has 2 heterocycles. The van der Waals surface area contributed by atoms with E-state index in [4.69, 9.17) is 4.74 Å². The van der Waals surface area contributed by atoms with E-state index in [1.807, 2.05) is 44.5 Å². The molecule has 0 saturated carbocycles. The monoisotopic (exact) mass is 332 g/mol. The summed E-state index contributed by atoms with van der Waals surface area (Å²) in [4.78, 5) is 30.2. The van der Waals surface area contributed by atoms with Crippen LogP contribution in [0.15, 0.2) is 23.7 Å². The molecular weight excluding hydrogens is 312 g/mol. The zero-order chi connectivity index (χ0) is 16.6. The first-order chi connectivity index (χ1) is 10.8. The number of ketones is 1. The standard InChI is InChI=1S/C17H20N2O3S/c1-17(2,3)22-16(21)19-9-12(20)5-6-14(19)11-4-7-15-13(8-11)18-10-23-15/h4,7-8,10,14H,5-6,9H2,1-3H3. The van der Waals surface area contributed by atoms with Gasteiger partial charge in [-0.25, -0.2) is 9.78 Å². The summed E-state index contributed by atoms with van der Waals surface area (Å²) in [6, 6.07) is 5.89. The fraction of sp³-hybridized carbons (Fsp3) is 0.471. The number of ether oxygens (including phenoxy) is 1. The highest BCUT2D eigenvalue weighted by molar-refractivity contribution is 7.16. The molecule has 1 unspecified atom stereocenters. The maximum Gasteiger partial charge on any atom is 0.411 e. The maximum absolute atomic E-state index is 12.5. The van der Waals surface area contributed by atoms with E-state index < -0.39 is 11.7 Å². The fourth-order valence-corrected chi connectivity index (χ4v) is 3.43. The molecule has 1 aromatic carbocycles. The Hall–Kier alpha value is -1.95. The second-order valence-electron chi connectivity index (χ2n) is 6.78. The van der Waals surface area contributed by atoms with E-state index in [0.717, 1.165) is 15.8 Å². The number of Topliss-reactive ketones (excluding diaryl/α,β-unsaturated/α-hetero) is 1. The third kappa shape index (κ3) is 3.52. The van der Waals surface area contributed by atoms with Crippen molar-refractivity contribution in [3.05, 3.63) is 29.3 Å². The zero-order valence-electron chi connectivity index (χ0n) is 13.5. The lowest BCUT2D eigenvalue weighted by atomic mass is 9.95. The summed E-state index contributed by atoms with van der Waals surface area (Å²) in [5.74, 6) is 0.0712. The molecule has 5 nitrogen and oxygen atoms in total. The molecule has 3 rings (SSSR count). The average molecular weight is 332 g/mol. The molecule has 0 bridgehead atoms. The first kappa shape index (κ1) is 15.9. The summed E-state index contributed by atoms with van der Waals surface area (Å²) in [6.45, 7) is 5.59. The average Bonchev–Trinajstić information content (AvgIpc) is 2.92. The molecule has 1 fully saturated rings. The molecular formula is C17H20N2O3S. The molecule has 122 valence electrons. The van der Waals surface area contributed by atoms with Crippen LogP contribution in [0.1, 0.15) is 45.2 Å². The van der Waals surface area contributed by atoms with Crippen LogP contribution in [-0.4, -0.2) is 33.9 Å². The first-order valence-electron chi connectivity index (χ1n) is 7.68. The van der Waals surface area contributed by atoms with Crippen molar-refractivity contribution in [2.24, 2.45) is 0 Å².